The lowest BCUT2D eigenvalue weighted by atomic mass is 10.3. The van der Waals surface area contributed by atoms with E-state index in [1.54, 1.807) is 0 Å². The second-order valence-electron chi connectivity index (χ2n) is 3.89. The van der Waals surface area contributed by atoms with Crippen molar-refractivity contribution in [2.24, 2.45) is 0 Å². The minimum atomic E-state index is -0.387. The Morgan fingerprint density at radius 3 is 2.81 bits per heavy atom. The highest BCUT2D eigenvalue weighted by molar-refractivity contribution is 9.10. The smallest absolute Gasteiger partial charge is 0.314 e. The van der Waals surface area contributed by atoms with Crippen LogP contribution in [0.4, 0.5) is 0 Å². The van der Waals surface area contributed by atoms with Gasteiger partial charge in [-0.3, -0.25) is 14.3 Å². The van der Waals surface area contributed by atoms with Crippen LogP contribution in [0.15, 0.2) is 20.3 Å². The molecule has 0 aliphatic heterocycles. The number of rotatable bonds is 5. The first-order chi connectivity index (χ1) is 7.50. The molecule has 0 aliphatic carbocycles. The van der Waals surface area contributed by atoms with Gasteiger partial charge in [-0.2, -0.15) is 0 Å². The van der Waals surface area contributed by atoms with Crippen molar-refractivity contribution in [3.05, 3.63) is 31.5 Å². The van der Waals surface area contributed by atoms with Crippen molar-refractivity contribution in [3.8, 4) is 0 Å². The zero-order valence-electron chi connectivity index (χ0n) is 9.42. The summed E-state index contributed by atoms with van der Waals surface area (Å²) in [6.07, 6.45) is 2.37. The maximum absolute atomic E-state index is 11.4. The number of nitrogens with zero attached hydrogens (tertiary/aromatic N) is 1. The van der Waals surface area contributed by atoms with Crippen LogP contribution in [0.3, 0.4) is 0 Å². The number of aromatic amines is 1. The number of nitrogens with one attached hydrogen (secondary N) is 2. The molecule has 0 bridgehead atoms. The Balaban J connectivity index is 2.58. The molecule has 0 aliphatic rings. The van der Waals surface area contributed by atoms with E-state index in [1.807, 2.05) is 0 Å². The second kappa shape index (κ2) is 6.00. The summed E-state index contributed by atoms with van der Waals surface area (Å²) < 4.78 is 1.87. The van der Waals surface area contributed by atoms with E-state index in [-0.39, 0.29) is 11.2 Å². The van der Waals surface area contributed by atoms with Gasteiger partial charge in [0.2, 0.25) is 0 Å². The molecule has 1 aromatic rings. The van der Waals surface area contributed by atoms with Crippen LogP contribution in [0, 0.1) is 0 Å². The molecule has 0 aromatic carbocycles. The number of hydrogen-bond acceptors (Lipinski definition) is 3. The zero-order chi connectivity index (χ0) is 12.1. The fourth-order valence-electron chi connectivity index (χ4n) is 1.29. The molecular formula is C10H16BrN3O2. The molecule has 0 atom stereocenters. The van der Waals surface area contributed by atoms with Crippen LogP contribution in [0.2, 0.25) is 0 Å². The predicted molar refractivity (Wildman–Crippen MR) is 66.8 cm³/mol. The van der Waals surface area contributed by atoms with Crippen molar-refractivity contribution in [3.63, 3.8) is 0 Å². The fraction of sp³-hybridized carbons (Fsp3) is 0.600. The standard InChI is InChI=1S/C10H16BrN3O2/c1-7(2)12-4-3-5-14-6-8(11)9(15)13-10(14)16/h6-7,12H,3-5H2,1-2H3,(H,13,15,16). The highest BCUT2D eigenvalue weighted by Gasteiger charge is 2.01. The summed E-state index contributed by atoms with van der Waals surface area (Å²) in [6.45, 7) is 5.58. The van der Waals surface area contributed by atoms with E-state index in [4.69, 9.17) is 0 Å². The summed E-state index contributed by atoms with van der Waals surface area (Å²) in [7, 11) is 0. The van der Waals surface area contributed by atoms with Crippen molar-refractivity contribution < 1.29 is 0 Å². The molecule has 0 unspecified atom stereocenters. The molecule has 5 nitrogen and oxygen atoms in total. The Kier molecular flexibility index (Phi) is 4.95. The van der Waals surface area contributed by atoms with Gasteiger partial charge in [0.05, 0.1) is 4.47 Å². The normalized spacial score (nSPS) is 11.0. The Morgan fingerprint density at radius 2 is 2.19 bits per heavy atom. The first-order valence-corrected chi connectivity index (χ1v) is 6.02. The summed E-state index contributed by atoms with van der Waals surface area (Å²) in [6, 6.07) is 0.444. The average molecular weight is 290 g/mol. The molecule has 16 heavy (non-hydrogen) atoms. The minimum Gasteiger partial charge on any atom is -0.314 e. The molecule has 0 saturated carbocycles. The molecule has 1 heterocycles. The topological polar surface area (TPSA) is 66.9 Å². The number of aromatic nitrogens is 2. The molecule has 0 fully saturated rings. The number of H-pyrrole nitrogens is 1. The predicted octanol–water partition coefficient (Wildman–Crippen LogP) is 0.687. The molecule has 90 valence electrons. The Morgan fingerprint density at radius 1 is 1.50 bits per heavy atom. The Bertz CT molecular complexity index is 450. The van der Waals surface area contributed by atoms with E-state index in [1.165, 1.54) is 10.8 Å². The Labute approximate surface area is 102 Å². The van der Waals surface area contributed by atoms with Gasteiger partial charge in [0.25, 0.3) is 5.56 Å². The summed E-state index contributed by atoms with van der Waals surface area (Å²) in [5, 5.41) is 3.26. The first-order valence-electron chi connectivity index (χ1n) is 5.23. The molecule has 1 aromatic heterocycles. The lowest BCUT2D eigenvalue weighted by molar-refractivity contribution is 0.524. The minimum absolute atomic E-state index is 0.363. The van der Waals surface area contributed by atoms with Crippen LogP contribution in [0.25, 0.3) is 0 Å². The third kappa shape index (κ3) is 3.94. The van der Waals surface area contributed by atoms with Crippen LogP contribution in [0.5, 0.6) is 0 Å². The summed E-state index contributed by atoms with van der Waals surface area (Å²) in [5.74, 6) is 0. The second-order valence-corrected chi connectivity index (χ2v) is 4.75. The number of halogens is 1. The molecule has 6 heteroatoms. The monoisotopic (exact) mass is 289 g/mol. The van der Waals surface area contributed by atoms with Gasteiger partial charge in [0.1, 0.15) is 0 Å². The first kappa shape index (κ1) is 13.2. The summed E-state index contributed by atoms with van der Waals surface area (Å²) in [4.78, 5) is 24.7. The lowest BCUT2D eigenvalue weighted by Gasteiger charge is -2.08. The van der Waals surface area contributed by atoms with E-state index in [0.29, 0.717) is 17.1 Å². The molecule has 0 spiro atoms. The molecule has 0 saturated heterocycles. The SMILES string of the molecule is CC(C)NCCCn1cc(Br)c(=O)[nH]c1=O. The van der Waals surface area contributed by atoms with Crippen LogP contribution in [-0.2, 0) is 6.54 Å². The van der Waals surface area contributed by atoms with Crippen molar-refractivity contribution in [1.29, 1.82) is 0 Å². The van der Waals surface area contributed by atoms with Crippen molar-refractivity contribution in [2.45, 2.75) is 32.9 Å². The van der Waals surface area contributed by atoms with Gasteiger partial charge in [-0.05, 0) is 28.9 Å². The quantitative estimate of drug-likeness (QED) is 0.784. The number of aryl methyl sites for hydroxylation is 1. The molecule has 0 radical (unpaired) electrons. The maximum Gasteiger partial charge on any atom is 0.328 e. The van der Waals surface area contributed by atoms with Gasteiger partial charge in [0, 0.05) is 18.8 Å². The zero-order valence-corrected chi connectivity index (χ0v) is 11.0. The summed E-state index contributed by atoms with van der Waals surface area (Å²) >= 11 is 3.09. The molecular weight excluding hydrogens is 274 g/mol. The molecule has 2 N–H and O–H groups in total. The largest absolute Gasteiger partial charge is 0.328 e. The van der Waals surface area contributed by atoms with Gasteiger partial charge in [-0.25, -0.2) is 4.79 Å². The lowest BCUT2D eigenvalue weighted by Crippen LogP contribution is -2.31. The van der Waals surface area contributed by atoms with Crippen molar-refractivity contribution in [1.82, 2.24) is 14.9 Å². The van der Waals surface area contributed by atoms with Crippen LogP contribution in [-0.4, -0.2) is 22.1 Å². The van der Waals surface area contributed by atoms with Crippen LogP contribution < -0.4 is 16.6 Å². The van der Waals surface area contributed by atoms with Crippen LogP contribution >= 0.6 is 15.9 Å². The van der Waals surface area contributed by atoms with E-state index < -0.39 is 0 Å². The summed E-state index contributed by atoms with van der Waals surface area (Å²) in [5.41, 5.74) is -0.751. The van der Waals surface area contributed by atoms with Crippen molar-refractivity contribution >= 4 is 15.9 Å². The van der Waals surface area contributed by atoms with E-state index in [2.05, 4.69) is 40.1 Å². The van der Waals surface area contributed by atoms with Gasteiger partial charge in [-0.1, -0.05) is 13.8 Å². The fourth-order valence-corrected chi connectivity index (χ4v) is 1.64. The third-order valence-electron chi connectivity index (χ3n) is 2.10. The number of hydrogen-bond donors (Lipinski definition) is 2. The highest BCUT2D eigenvalue weighted by Crippen LogP contribution is 1.98. The molecule has 0 amide bonds. The third-order valence-corrected chi connectivity index (χ3v) is 2.66. The maximum atomic E-state index is 11.4. The highest BCUT2D eigenvalue weighted by atomic mass is 79.9. The van der Waals surface area contributed by atoms with Crippen molar-refractivity contribution in [2.75, 3.05) is 6.54 Å². The van der Waals surface area contributed by atoms with Gasteiger partial charge >= 0.3 is 5.69 Å². The van der Waals surface area contributed by atoms with E-state index in [0.717, 1.165) is 13.0 Å². The van der Waals surface area contributed by atoms with E-state index >= 15 is 0 Å². The molecule has 1 rings (SSSR count). The van der Waals surface area contributed by atoms with E-state index in [9.17, 15) is 9.59 Å². The van der Waals surface area contributed by atoms with Gasteiger partial charge in [0.15, 0.2) is 0 Å². The average Bonchev–Trinajstić information content (AvgIpc) is 2.19. The van der Waals surface area contributed by atoms with Gasteiger partial charge in [-0.15, -0.1) is 0 Å². The Hall–Kier alpha value is -0.880. The van der Waals surface area contributed by atoms with Gasteiger partial charge < -0.3 is 5.32 Å². The van der Waals surface area contributed by atoms with Crippen LogP contribution in [0.1, 0.15) is 20.3 Å².